The van der Waals surface area contributed by atoms with Crippen LogP contribution in [0.5, 0.6) is 11.5 Å². The predicted octanol–water partition coefficient (Wildman–Crippen LogP) is 3.57. The molecule has 0 radical (unpaired) electrons. The minimum atomic E-state index is -0.700. The van der Waals surface area contributed by atoms with Crippen LogP contribution < -0.4 is 25.8 Å². The number of benzene rings is 2. The van der Waals surface area contributed by atoms with E-state index in [0.29, 0.717) is 33.6 Å². The van der Waals surface area contributed by atoms with Crippen molar-refractivity contribution in [1.29, 1.82) is 0 Å². The van der Waals surface area contributed by atoms with Crippen molar-refractivity contribution < 1.29 is 19.1 Å². The maximum absolute atomic E-state index is 12.5. The number of ether oxygens (including phenoxy) is 2. The molecule has 0 fully saturated rings. The van der Waals surface area contributed by atoms with E-state index >= 15 is 0 Å². The van der Waals surface area contributed by atoms with Gasteiger partial charge < -0.3 is 20.5 Å². The van der Waals surface area contributed by atoms with E-state index in [1.165, 1.54) is 17.4 Å². The Bertz CT molecular complexity index is 1020. The van der Waals surface area contributed by atoms with Crippen LogP contribution in [0.4, 0.5) is 15.6 Å². The lowest BCUT2D eigenvalue weighted by Crippen LogP contribution is -2.19. The lowest BCUT2D eigenvalue weighted by atomic mass is 10.1. The summed E-state index contributed by atoms with van der Waals surface area (Å²) in [7, 11) is 3.16. The van der Waals surface area contributed by atoms with Crippen LogP contribution in [0.2, 0.25) is 0 Å². The van der Waals surface area contributed by atoms with Gasteiger partial charge in [-0.05, 0) is 36.4 Å². The Morgan fingerprint density at radius 1 is 1.07 bits per heavy atom. The highest BCUT2D eigenvalue weighted by Gasteiger charge is 2.14. The first-order valence-electron chi connectivity index (χ1n) is 8.16. The highest BCUT2D eigenvalue weighted by atomic mass is 32.1. The first-order valence-corrected chi connectivity index (χ1v) is 9.04. The summed E-state index contributed by atoms with van der Waals surface area (Å²) in [6.07, 6.45) is 0. The number of nitrogens with one attached hydrogen (secondary N) is 2. The van der Waals surface area contributed by atoms with Gasteiger partial charge in [-0.15, -0.1) is 11.3 Å². The van der Waals surface area contributed by atoms with Crippen molar-refractivity contribution in [2.75, 3.05) is 24.9 Å². The molecule has 4 N–H and O–H groups in total. The molecule has 9 heteroatoms. The number of primary amides is 1. The van der Waals surface area contributed by atoms with Crippen LogP contribution in [0, 0.1) is 0 Å². The molecule has 0 aliphatic rings. The Morgan fingerprint density at radius 3 is 2.61 bits per heavy atom. The smallest absolute Gasteiger partial charge is 0.316 e. The summed E-state index contributed by atoms with van der Waals surface area (Å²) in [6, 6.07) is 11.1. The number of hydrogen-bond acceptors (Lipinski definition) is 6. The zero-order valence-corrected chi connectivity index (χ0v) is 16.0. The molecule has 0 saturated carbocycles. The van der Waals surface area contributed by atoms with E-state index in [4.69, 9.17) is 15.2 Å². The second-order valence-corrected chi connectivity index (χ2v) is 6.49. The van der Waals surface area contributed by atoms with E-state index in [-0.39, 0.29) is 5.91 Å². The Hall–Kier alpha value is -3.59. The third-order valence-corrected chi connectivity index (χ3v) is 4.56. The summed E-state index contributed by atoms with van der Waals surface area (Å²) in [5.41, 5.74) is 7.30. The molecule has 0 unspecified atom stereocenters. The molecule has 3 amide bonds. The SMILES string of the molecule is COc1ccc(OC)c(-c2csc(NC(=O)c3cccc(NC(N)=O)c3)n2)c1. The summed E-state index contributed by atoms with van der Waals surface area (Å²) in [5, 5.41) is 7.43. The van der Waals surface area contributed by atoms with Crippen molar-refractivity contribution in [1.82, 2.24) is 4.98 Å². The Kier molecular flexibility index (Phi) is 5.75. The number of nitrogens with zero attached hydrogens (tertiary/aromatic N) is 1. The number of urea groups is 1. The molecule has 3 aromatic rings. The van der Waals surface area contributed by atoms with Crippen LogP contribution >= 0.6 is 11.3 Å². The fraction of sp³-hybridized carbons (Fsp3) is 0.105. The maximum atomic E-state index is 12.5. The topological polar surface area (TPSA) is 116 Å². The normalized spacial score (nSPS) is 10.2. The van der Waals surface area contributed by atoms with E-state index < -0.39 is 6.03 Å². The lowest BCUT2D eigenvalue weighted by Gasteiger charge is -2.08. The molecular formula is C19H18N4O4S. The number of nitrogens with two attached hydrogens (primary N) is 1. The first kappa shape index (κ1) is 19.2. The van der Waals surface area contributed by atoms with E-state index in [1.54, 1.807) is 44.6 Å². The second kappa shape index (κ2) is 8.40. The van der Waals surface area contributed by atoms with Gasteiger partial charge in [-0.3, -0.25) is 10.1 Å². The quantitative estimate of drug-likeness (QED) is 0.587. The van der Waals surface area contributed by atoms with Crippen molar-refractivity contribution in [2.45, 2.75) is 0 Å². The van der Waals surface area contributed by atoms with Gasteiger partial charge in [-0.2, -0.15) is 0 Å². The highest BCUT2D eigenvalue weighted by molar-refractivity contribution is 7.14. The monoisotopic (exact) mass is 398 g/mol. The molecule has 0 bridgehead atoms. The second-order valence-electron chi connectivity index (χ2n) is 5.63. The number of rotatable bonds is 6. The number of carbonyl (C=O) groups is 2. The summed E-state index contributed by atoms with van der Waals surface area (Å²) in [5.74, 6) is 0.967. The first-order chi connectivity index (χ1) is 13.5. The molecule has 0 saturated heterocycles. The van der Waals surface area contributed by atoms with Crippen molar-refractivity contribution >= 4 is 34.1 Å². The molecule has 144 valence electrons. The van der Waals surface area contributed by atoms with Crippen molar-refractivity contribution in [2.24, 2.45) is 5.73 Å². The van der Waals surface area contributed by atoms with Gasteiger partial charge in [0.1, 0.15) is 11.5 Å². The van der Waals surface area contributed by atoms with Crippen LogP contribution in [-0.2, 0) is 0 Å². The number of methoxy groups -OCH3 is 2. The average Bonchev–Trinajstić information content (AvgIpc) is 3.15. The fourth-order valence-corrected chi connectivity index (χ4v) is 3.22. The van der Waals surface area contributed by atoms with Gasteiger partial charge in [-0.25, -0.2) is 9.78 Å². The molecule has 1 aromatic heterocycles. The standard InChI is InChI=1S/C19H18N4O4S/c1-26-13-6-7-16(27-2)14(9-13)15-10-28-19(22-15)23-17(24)11-4-3-5-12(8-11)21-18(20)25/h3-10H,1-2H3,(H3,20,21,25)(H,22,23,24). The van der Waals surface area contributed by atoms with Gasteiger partial charge >= 0.3 is 6.03 Å². The maximum Gasteiger partial charge on any atom is 0.316 e. The Labute approximate surface area is 165 Å². The molecule has 28 heavy (non-hydrogen) atoms. The largest absolute Gasteiger partial charge is 0.497 e. The molecule has 0 spiro atoms. The van der Waals surface area contributed by atoms with E-state index in [2.05, 4.69) is 15.6 Å². The summed E-state index contributed by atoms with van der Waals surface area (Å²) < 4.78 is 10.6. The number of carbonyl (C=O) groups excluding carboxylic acids is 2. The van der Waals surface area contributed by atoms with Gasteiger partial charge in [0.05, 0.1) is 19.9 Å². The third kappa shape index (κ3) is 4.38. The fourth-order valence-electron chi connectivity index (χ4n) is 2.52. The molecule has 8 nitrogen and oxygen atoms in total. The van der Waals surface area contributed by atoms with E-state index in [1.807, 2.05) is 11.4 Å². The number of aromatic nitrogens is 1. The summed E-state index contributed by atoms with van der Waals surface area (Å²) in [6.45, 7) is 0. The number of amides is 3. The lowest BCUT2D eigenvalue weighted by molar-refractivity contribution is 0.102. The van der Waals surface area contributed by atoms with Gasteiger partial charge in [0.2, 0.25) is 0 Å². The molecule has 3 rings (SSSR count). The highest BCUT2D eigenvalue weighted by Crippen LogP contribution is 2.35. The average molecular weight is 398 g/mol. The van der Waals surface area contributed by atoms with Gasteiger partial charge in [0.25, 0.3) is 5.91 Å². The molecule has 1 heterocycles. The van der Waals surface area contributed by atoms with E-state index in [0.717, 1.165) is 5.56 Å². The molecule has 0 aliphatic heterocycles. The third-order valence-electron chi connectivity index (χ3n) is 3.80. The Morgan fingerprint density at radius 2 is 1.89 bits per heavy atom. The molecular weight excluding hydrogens is 380 g/mol. The zero-order valence-electron chi connectivity index (χ0n) is 15.2. The van der Waals surface area contributed by atoms with Crippen molar-refractivity contribution in [3.05, 3.63) is 53.4 Å². The number of anilines is 2. The number of hydrogen-bond donors (Lipinski definition) is 3. The summed E-state index contributed by atoms with van der Waals surface area (Å²) in [4.78, 5) is 27.9. The minimum absolute atomic E-state index is 0.355. The van der Waals surface area contributed by atoms with Gasteiger partial charge in [-0.1, -0.05) is 6.07 Å². The predicted molar refractivity (Wildman–Crippen MR) is 108 cm³/mol. The summed E-state index contributed by atoms with van der Waals surface area (Å²) >= 11 is 1.29. The molecule has 2 aromatic carbocycles. The molecule has 0 aliphatic carbocycles. The number of thiazole rings is 1. The van der Waals surface area contributed by atoms with Crippen molar-refractivity contribution in [3.63, 3.8) is 0 Å². The Balaban J connectivity index is 1.80. The van der Waals surface area contributed by atoms with Crippen LogP contribution in [0.3, 0.4) is 0 Å². The molecule has 0 atom stereocenters. The van der Waals surface area contributed by atoms with Crippen LogP contribution in [-0.4, -0.2) is 31.1 Å². The van der Waals surface area contributed by atoms with Crippen LogP contribution in [0.25, 0.3) is 11.3 Å². The van der Waals surface area contributed by atoms with E-state index in [9.17, 15) is 9.59 Å². The minimum Gasteiger partial charge on any atom is -0.497 e. The van der Waals surface area contributed by atoms with Crippen LogP contribution in [0.15, 0.2) is 47.8 Å². The zero-order chi connectivity index (χ0) is 20.1. The van der Waals surface area contributed by atoms with Gasteiger partial charge in [0, 0.05) is 22.2 Å². The van der Waals surface area contributed by atoms with Crippen LogP contribution in [0.1, 0.15) is 10.4 Å². The van der Waals surface area contributed by atoms with Gasteiger partial charge in [0.15, 0.2) is 5.13 Å². The van der Waals surface area contributed by atoms with Crippen molar-refractivity contribution in [3.8, 4) is 22.8 Å².